The summed E-state index contributed by atoms with van der Waals surface area (Å²) in [6.45, 7) is 3.18. The first-order valence-corrected chi connectivity index (χ1v) is 8.33. The SMILES string of the molecule is COc1ccccc1CC(=O)N1CCN(C(=O)CCN(C)C)CC1. The van der Waals surface area contributed by atoms with Crippen LogP contribution in [0.4, 0.5) is 0 Å². The Bertz CT molecular complexity index is 566. The number of nitrogens with zero attached hydrogens (tertiary/aromatic N) is 3. The predicted molar refractivity (Wildman–Crippen MR) is 93.0 cm³/mol. The highest BCUT2D eigenvalue weighted by Gasteiger charge is 2.24. The Morgan fingerprint density at radius 3 is 2.21 bits per heavy atom. The third-order valence-electron chi connectivity index (χ3n) is 4.29. The van der Waals surface area contributed by atoms with Gasteiger partial charge in [-0.2, -0.15) is 0 Å². The second-order valence-electron chi connectivity index (χ2n) is 6.30. The molecule has 0 radical (unpaired) electrons. The monoisotopic (exact) mass is 333 g/mol. The van der Waals surface area contributed by atoms with Gasteiger partial charge in [0.2, 0.25) is 11.8 Å². The third-order valence-corrected chi connectivity index (χ3v) is 4.29. The Balaban J connectivity index is 1.83. The Morgan fingerprint density at radius 1 is 1.04 bits per heavy atom. The summed E-state index contributed by atoms with van der Waals surface area (Å²) in [7, 11) is 5.53. The number of hydrogen-bond acceptors (Lipinski definition) is 4. The second-order valence-corrected chi connectivity index (χ2v) is 6.30. The van der Waals surface area contributed by atoms with Gasteiger partial charge >= 0.3 is 0 Å². The lowest BCUT2D eigenvalue weighted by Gasteiger charge is -2.35. The van der Waals surface area contributed by atoms with E-state index in [2.05, 4.69) is 0 Å². The van der Waals surface area contributed by atoms with E-state index in [-0.39, 0.29) is 11.8 Å². The molecule has 1 aliphatic rings. The molecule has 0 unspecified atom stereocenters. The maximum absolute atomic E-state index is 12.5. The fourth-order valence-electron chi connectivity index (χ4n) is 2.81. The number of carbonyl (C=O) groups is 2. The van der Waals surface area contributed by atoms with E-state index in [4.69, 9.17) is 4.74 Å². The zero-order chi connectivity index (χ0) is 17.5. The van der Waals surface area contributed by atoms with Crippen LogP contribution in [0.15, 0.2) is 24.3 Å². The molecule has 0 N–H and O–H groups in total. The highest BCUT2D eigenvalue weighted by atomic mass is 16.5. The van der Waals surface area contributed by atoms with Crippen LogP contribution in [0.5, 0.6) is 5.75 Å². The quantitative estimate of drug-likeness (QED) is 0.775. The molecule has 2 rings (SSSR count). The lowest BCUT2D eigenvalue weighted by molar-refractivity contribution is -0.139. The molecule has 132 valence electrons. The van der Waals surface area contributed by atoms with Crippen molar-refractivity contribution in [1.29, 1.82) is 0 Å². The molecule has 1 saturated heterocycles. The van der Waals surface area contributed by atoms with Crippen LogP contribution in [0.3, 0.4) is 0 Å². The molecular formula is C18H27N3O3. The Morgan fingerprint density at radius 2 is 1.62 bits per heavy atom. The molecule has 1 heterocycles. The molecule has 6 nitrogen and oxygen atoms in total. The number of ether oxygens (including phenoxy) is 1. The Hall–Kier alpha value is -2.08. The minimum absolute atomic E-state index is 0.0832. The lowest BCUT2D eigenvalue weighted by Crippen LogP contribution is -2.51. The average molecular weight is 333 g/mol. The molecule has 1 aliphatic heterocycles. The van der Waals surface area contributed by atoms with Crippen LogP contribution in [0.1, 0.15) is 12.0 Å². The predicted octanol–water partition coefficient (Wildman–Crippen LogP) is 0.860. The smallest absolute Gasteiger partial charge is 0.227 e. The van der Waals surface area contributed by atoms with E-state index in [9.17, 15) is 9.59 Å². The highest BCUT2D eigenvalue weighted by molar-refractivity contribution is 5.80. The lowest BCUT2D eigenvalue weighted by atomic mass is 10.1. The zero-order valence-corrected chi connectivity index (χ0v) is 14.8. The minimum Gasteiger partial charge on any atom is -0.496 e. The summed E-state index contributed by atoms with van der Waals surface area (Å²) in [5.74, 6) is 0.990. The van der Waals surface area contributed by atoms with Crippen molar-refractivity contribution in [1.82, 2.24) is 14.7 Å². The number of hydrogen-bond donors (Lipinski definition) is 0. The first-order chi connectivity index (χ1) is 11.5. The first kappa shape index (κ1) is 18.3. The number of para-hydroxylation sites is 1. The van der Waals surface area contributed by atoms with Crippen LogP contribution in [-0.4, -0.2) is 80.4 Å². The first-order valence-electron chi connectivity index (χ1n) is 8.33. The summed E-state index contributed by atoms with van der Waals surface area (Å²) in [6.07, 6.45) is 0.862. The molecule has 0 saturated carbocycles. The maximum atomic E-state index is 12.5. The maximum Gasteiger partial charge on any atom is 0.227 e. The van der Waals surface area contributed by atoms with Gasteiger partial charge < -0.3 is 19.4 Å². The molecule has 6 heteroatoms. The molecule has 0 aliphatic carbocycles. The fourth-order valence-corrected chi connectivity index (χ4v) is 2.81. The van der Waals surface area contributed by atoms with E-state index in [1.165, 1.54) is 0 Å². The standard InChI is InChI=1S/C18H27N3O3/c1-19(2)9-8-17(22)20-10-12-21(13-11-20)18(23)14-15-6-4-5-7-16(15)24-3/h4-7H,8-14H2,1-3H3. The van der Waals surface area contributed by atoms with Crippen LogP contribution in [-0.2, 0) is 16.0 Å². The van der Waals surface area contributed by atoms with E-state index < -0.39 is 0 Å². The number of carbonyl (C=O) groups excluding carboxylic acids is 2. The Labute approximate surface area is 144 Å². The number of amides is 2. The Kier molecular flexibility index (Phi) is 6.61. The van der Waals surface area contributed by atoms with Crippen LogP contribution in [0, 0.1) is 0 Å². The van der Waals surface area contributed by atoms with E-state index in [1.807, 2.05) is 53.1 Å². The van der Waals surface area contributed by atoms with Crippen molar-refractivity contribution in [3.05, 3.63) is 29.8 Å². The summed E-state index contributed by atoms with van der Waals surface area (Å²) < 4.78 is 5.30. The van der Waals surface area contributed by atoms with Crippen molar-refractivity contribution < 1.29 is 14.3 Å². The van der Waals surface area contributed by atoms with Crippen LogP contribution >= 0.6 is 0 Å². The summed E-state index contributed by atoms with van der Waals surface area (Å²) >= 11 is 0. The fraction of sp³-hybridized carbons (Fsp3) is 0.556. The zero-order valence-electron chi connectivity index (χ0n) is 14.8. The van der Waals surface area contributed by atoms with E-state index in [1.54, 1.807) is 7.11 Å². The van der Waals surface area contributed by atoms with Crippen LogP contribution in [0.25, 0.3) is 0 Å². The van der Waals surface area contributed by atoms with Gasteiger partial charge in [-0.3, -0.25) is 9.59 Å². The second kappa shape index (κ2) is 8.68. The van der Waals surface area contributed by atoms with Gasteiger partial charge in [0, 0.05) is 44.7 Å². The topological polar surface area (TPSA) is 53.1 Å². The average Bonchev–Trinajstić information content (AvgIpc) is 2.60. The van der Waals surface area contributed by atoms with Gasteiger partial charge in [-0.1, -0.05) is 18.2 Å². The van der Waals surface area contributed by atoms with E-state index >= 15 is 0 Å². The molecule has 0 aromatic heterocycles. The molecule has 1 fully saturated rings. The molecule has 0 bridgehead atoms. The largest absolute Gasteiger partial charge is 0.496 e. The van der Waals surface area contributed by atoms with Crippen molar-refractivity contribution in [2.75, 3.05) is 53.9 Å². The molecular weight excluding hydrogens is 306 g/mol. The number of methoxy groups -OCH3 is 1. The van der Waals surface area contributed by atoms with Crippen molar-refractivity contribution in [3.63, 3.8) is 0 Å². The van der Waals surface area contributed by atoms with Crippen molar-refractivity contribution in [2.45, 2.75) is 12.8 Å². The van der Waals surface area contributed by atoms with Crippen LogP contribution < -0.4 is 4.74 Å². The number of rotatable bonds is 6. The summed E-state index contributed by atoms with van der Waals surface area (Å²) in [5.41, 5.74) is 0.898. The number of piperazine rings is 1. The van der Waals surface area contributed by atoms with Crippen LogP contribution in [0.2, 0.25) is 0 Å². The summed E-state index contributed by atoms with van der Waals surface area (Å²) in [4.78, 5) is 30.3. The molecule has 1 aromatic carbocycles. The van der Waals surface area contributed by atoms with Crippen molar-refractivity contribution in [2.24, 2.45) is 0 Å². The van der Waals surface area contributed by atoms with Gasteiger partial charge in [-0.15, -0.1) is 0 Å². The molecule has 1 aromatic rings. The number of benzene rings is 1. The van der Waals surface area contributed by atoms with Gasteiger partial charge in [-0.25, -0.2) is 0 Å². The van der Waals surface area contributed by atoms with Gasteiger partial charge in [0.15, 0.2) is 0 Å². The van der Waals surface area contributed by atoms with Gasteiger partial charge in [0.25, 0.3) is 0 Å². The molecule has 2 amide bonds. The molecule has 0 spiro atoms. The van der Waals surface area contributed by atoms with Crippen molar-refractivity contribution >= 4 is 11.8 Å². The summed E-state index contributed by atoms with van der Waals surface area (Å²) in [5, 5.41) is 0. The van der Waals surface area contributed by atoms with E-state index in [0.29, 0.717) is 39.0 Å². The minimum atomic E-state index is 0.0832. The molecule has 24 heavy (non-hydrogen) atoms. The normalized spacial score (nSPS) is 14.8. The summed E-state index contributed by atoms with van der Waals surface area (Å²) in [6, 6.07) is 7.58. The van der Waals surface area contributed by atoms with Gasteiger partial charge in [0.05, 0.1) is 13.5 Å². The van der Waals surface area contributed by atoms with Gasteiger partial charge in [-0.05, 0) is 20.2 Å². The van der Waals surface area contributed by atoms with Gasteiger partial charge in [0.1, 0.15) is 5.75 Å². The molecule has 0 atom stereocenters. The third kappa shape index (κ3) is 4.96. The van der Waals surface area contributed by atoms with Crippen molar-refractivity contribution in [3.8, 4) is 5.75 Å². The highest BCUT2D eigenvalue weighted by Crippen LogP contribution is 2.19. The van der Waals surface area contributed by atoms with E-state index in [0.717, 1.165) is 17.9 Å².